The minimum absolute atomic E-state index is 0.237. The van der Waals surface area contributed by atoms with Crippen molar-refractivity contribution >= 4 is 35.6 Å². The van der Waals surface area contributed by atoms with E-state index in [0.717, 1.165) is 0 Å². The number of carboxylic acids is 2. The highest BCUT2D eigenvalue weighted by atomic mass is 16.4. The summed E-state index contributed by atoms with van der Waals surface area (Å²) in [5.41, 5.74) is 10.4. The van der Waals surface area contributed by atoms with Crippen LogP contribution in [0.15, 0.2) is 0 Å². The molecule has 15 heteroatoms. The first-order valence-corrected chi connectivity index (χ1v) is 8.54. The van der Waals surface area contributed by atoms with E-state index in [1.807, 2.05) is 10.6 Å². The monoisotopic (exact) mass is 435 g/mol. The number of carbonyl (C=O) groups excluding carboxylic acids is 4. The number of aliphatic carboxylic acids is 2. The average Bonchev–Trinajstić information content (AvgIpc) is 2.66. The molecule has 0 heterocycles. The Kier molecular flexibility index (Phi) is 11.6. The number of rotatable bonds is 14. The van der Waals surface area contributed by atoms with Crippen LogP contribution in [-0.4, -0.2) is 93.4 Å². The Hall–Kier alpha value is -3.30. The van der Waals surface area contributed by atoms with Gasteiger partial charge in [0.15, 0.2) is 0 Å². The Labute approximate surface area is 169 Å². The van der Waals surface area contributed by atoms with Crippen LogP contribution in [0.5, 0.6) is 0 Å². The van der Waals surface area contributed by atoms with Gasteiger partial charge in [0.25, 0.3) is 0 Å². The smallest absolute Gasteiger partial charge is 0.326 e. The first-order valence-electron chi connectivity index (χ1n) is 8.54. The number of aliphatic hydroxyl groups is 2. The molecule has 0 aliphatic rings. The quantitative estimate of drug-likeness (QED) is 0.124. The molecular formula is C15H25N5O10. The van der Waals surface area contributed by atoms with Crippen molar-refractivity contribution in [2.75, 3.05) is 13.2 Å². The van der Waals surface area contributed by atoms with Crippen LogP contribution in [0.1, 0.15) is 19.3 Å². The van der Waals surface area contributed by atoms with E-state index in [4.69, 9.17) is 21.7 Å². The summed E-state index contributed by atoms with van der Waals surface area (Å²) in [6.45, 7) is -1.91. The van der Waals surface area contributed by atoms with Gasteiger partial charge in [-0.3, -0.25) is 24.0 Å². The Morgan fingerprint density at radius 2 is 1.20 bits per heavy atom. The molecule has 0 aromatic rings. The summed E-state index contributed by atoms with van der Waals surface area (Å²) in [6, 6.07) is -6.28. The molecule has 170 valence electrons. The fraction of sp³-hybridized carbons (Fsp3) is 0.600. The summed E-state index contributed by atoms with van der Waals surface area (Å²) >= 11 is 0. The van der Waals surface area contributed by atoms with Crippen LogP contribution in [-0.2, 0) is 28.8 Å². The molecule has 0 fully saturated rings. The van der Waals surface area contributed by atoms with Crippen molar-refractivity contribution in [1.29, 1.82) is 0 Å². The first kappa shape index (κ1) is 26.7. The van der Waals surface area contributed by atoms with Crippen molar-refractivity contribution in [3.63, 3.8) is 0 Å². The molecule has 15 nitrogen and oxygen atoms in total. The number of amides is 4. The maximum absolute atomic E-state index is 12.2. The molecule has 4 amide bonds. The number of hydrogen-bond donors (Lipinski definition) is 9. The Morgan fingerprint density at radius 3 is 1.57 bits per heavy atom. The van der Waals surface area contributed by atoms with Gasteiger partial charge < -0.3 is 47.8 Å². The number of nitrogens with one attached hydrogen (secondary N) is 3. The second kappa shape index (κ2) is 13.0. The molecular weight excluding hydrogens is 410 g/mol. The molecule has 0 aliphatic heterocycles. The highest BCUT2D eigenvalue weighted by Gasteiger charge is 2.30. The molecule has 0 aliphatic carbocycles. The summed E-state index contributed by atoms with van der Waals surface area (Å²) in [4.78, 5) is 68.5. The van der Waals surface area contributed by atoms with E-state index in [1.54, 1.807) is 0 Å². The van der Waals surface area contributed by atoms with Crippen molar-refractivity contribution in [1.82, 2.24) is 16.0 Å². The third-order valence-electron chi connectivity index (χ3n) is 3.66. The lowest BCUT2D eigenvalue weighted by molar-refractivity contribution is -0.144. The summed E-state index contributed by atoms with van der Waals surface area (Å²) in [7, 11) is 0. The van der Waals surface area contributed by atoms with Crippen molar-refractivity contribution in [2.45, 2.75) is 43.4 Å². The number of primary amides is 1. The number of nitrogens with two attached hydrogens (primary N) is 2. The van der Waals surface area contributed by atoms with Gasteiger partial charge in [-0.2, -0.15) is 0 Å². The second-order valence-corrected chi connectivity index (χ2v) is 6.10. The second-order valence-electron chi connectivity index (χ2n) is 6.10. The van der Waals surface area contributed by atoms with Gasteiger partial charge >= 0.3 is 11.9 Å². The van der Waals surface area contributed by atoms with Crippen LogP contribution >= 0.6 is 0 Å². The predicted molar refractivity (Wildman–Crippen MR) is 96.3 cm³/mol. The molecule has 0 spiro atoms. The van der Waals surface area contributed by atoms with Crippen LogP contribution < -0.4 is 27.4 Å². The predicted octanol–water partition coefficient (Wildman–Crippen LogP) is -5.42. The van der Waals surface area contributed by atoms with E-state index in [-0.39, 0.29) is 6.42 Å². The van der Waals surface area contributed by atoms with E-state index in [0.29, 0.717) is 0 Å². The molecule has 0 aromatic heterocycles. The lowest BCUT2D eigenvalue weighted by Gasteiger charge is -2.23. The van der Waals surface area contributed by atoms with E-state index in [2.05, 4.69) is 5.32 Å². The highest BCUT2D eigenvalue weighted by Crippen LogP contribution is 1.98. The standard InChI is InChI=1S/C15H25N5O10/c16-6(1-2-11(24)25)12(26)19-8(4-21)14(28)20-9(5-22)13(27)18-7(15(29)30)3-10(17)23/h6-9,21-22H,1-5,16H2,(H2,17,23)(H,18,27)(H,19,26)(H,20,28)(H,24,25)(H,29,30). The zero-order valence-corrected chi connectivity index (χ0v) is 15.7. The summed E-state index contributed by atoms with van der Waals surface area (Å²) in [6.07, 6.45) is -1.39. The van der Waals surface area contributed by atoms with Crippen LogP contribution in [0.3, 0.4) is 0 Å². The van der Waals surface area contributed by atoms with Crippen molar-refractivity contribution in [3.05, 3.63) is 0 Å². The lowest BCUT2D eigenvalue weighted by Crippen LogP contribution is -2.59. The normalized spacial score (nSPS) is 14.5. The SMILES string of the molecule is NC(=O)CC(NC(=O)C(CO)NC(=O)C(CO)NC(=O)C(N)CCC(=O)O)C(=O)O. The molecule has 4 atom stereocenters. The molecule has 0 saturated heterocycles. The van der Waals surface area contributed by atoms with Crippen LogP contribution in [0.2, 0.25) is 0 Å². The van der Waals surface area contributed by atoms with Gasteiger partial charge in [0.1, 0.15) is 18.1 Å². The zero-order chi connectivity index (χ0) is 23.4. The fourth-order valence-corrected chi connectivity index (χ4v) is 2.02. The van der Waals surface area contributed by atoms with Gasteiger partial charge in [-0.05, 0) is 6.42 Å². The number of carboxylic acid groups (broad SMARTS) is 2. The van der Waals surface area contributed by atoms with E-state index >= 15 is 0 Å². The minimum Gasteiger partial charge on any atom is -0.481 e. The topological polar surface area (TPSA) is 271 Å². The highest BCUT2D eigenvalue weighted by molar-refractivity contribution is 5.95. The van der Waals surface area contributed by atoms with Gasteiger partial charge in [0.05, 0.1) is 25.7 Å². The number of aliphatic hydroxyl groups excluding tert-OH is 2. The lowest BCUT2D eigenvalue weighted by atomic mass is 10.1. The van der Waals surface area contributed by atoms with E-state index in [1.165, 1.54) is 0 Å². The average molecular weight is 435 g/mol. The van der Waals surface area contributed by atoms with Gasteiger partial charge in [0.2, 0.25) is 23.6 Å². The van der Waals surface area contributed by atoms with E-state index in [9.17, 15) is 39.0 Å². The number of carbonyl (C=O) groups is 6. The van der Waals surface area contributed by atoms with Gasteiger partial charge in [0, 0.05) is 6.42 Å². The van der Waals surface area contributed by atoms with Crippen molar-refractivity contribution < 1.29 is 49.2 Å². The minimum atomic E-state index is -1.71. The molecule has 4 unspecified atom stereocenters. The summed E-state index contributed by atoms with van der Waals surface area (Å²) in [5, 5.41) is 42.1. The zero-order valence-electron chi connectivity index (χ0n) is 15.7. The molecule has 0 saturated carbocycles. The maximum Gasteiger partial charge on any atom is 0.326 e. The van der Waals surface area contributed by atoms with Crippen molar-refractivity contribution in [2.24, 2.45) is 11.5 Å². The van der Waals surface area contributed by atoms with E-state index < -0.39 is 85.8 Å². The van der Waals surface area contributed by atoms with Crippen molar-refractivity contribution in [3.8, 4) is 0 Å². The molecule has 0 radical (unpaired) electrons. The third kappa shape index (κ3) is 9.76. The summed E-state index contributed by atoms with van der Waals surface area (Å²) in [5.74, 6) is -7.02. The molecule has 0 aromatic carbocycles. The maximum atomic E-state index is 12.2. The van der Waals surface area contributed by atoms with Crippen LogP contribution in [0.25, 0.3) is 0 Å². The first-order chi connectivity index (χ1) is 13.9. The molecule has 0 rings (SSSR count). The largest absolute Gasteiger partial charge is 0.481 e. The van der Waals surface area contributed by atoms with Crippen LogP contribution in [0.4, 0.5) is 0 Å². The number of hydrogen-bond acceptors (Lipinski definition) is 9. The molecule has 0 bridgehead atoms. The third-order valence-corrected chi connectivity index (χ3v) is 3.66. The van der Waals surface area contributed by atoms with Gasteiger partial charge in [-0.15, -0.1) is 0 Å². The Bertz CT molecular complexity index is 670. The van der Waals surface area contributed by atoms with Gasteiger partial charge in [-0.25, -0.2) is 4.79 Å². The molecule has 30 heavy (non-hydrogen) atoms. The van der Waals surface area contributed by atoms with Crippen LogP contribution in [0, 0.1) is 0 Å². The van der Waals surface area contributed by atoms with Gasteiger partial charge in [-0.1, -0.05) is 0 Å². The fourth-order valence-electron chi connectivity index (χ4n) is 2.02. The summed E-state index contributed by atoms with van der Waals surface area (Å²) < 4.78 is 0. The molecule has 11 N–H and O–H groups in total. The Balaban J connectivity index is 4.97. The Morgan fingerprint density at radius 1 is 0.767 bits per heavy atom.